The zero-order valence-electron chi connectivity index (χ0n) is 6.86. The highest BCUT2D eigenvalue weighted by Crippen LogP contribution is 2.02. The lowest BCUT2D eigenvalue weighted by Crippen LogP contribution is -2.21. The van der Waals surface area contributed by atoms with Gasteiger partial charge in [-0.3, -0.25) is 9.59 Å². The number of Topliss-reactive ketones (excluding diaryl/α,β-unsaturated/α-hetero) is 1. The van der Waals surface area contributed by atoms with Crippen LogP contribution in [0.25, 0.3) is 0 Å². The Morgan fingerprint density at radius 3 is 2.25 bits per heavy atom. The van der Waals surface area contributed by atoms with E-state index in [4.69, 9.17) is 5.11 Å². The van der Waals surface area contributed by atoms with Crippen LogP contribution in [0.1, 0.15) is 13.3 Å². The lowest BCUT2D eigenvalue weighted by atomic mass is 10.1. The van der Waals surface area contributed by atoms with Crippen molar-refractivity contribution in [3.05, 3.63) is 0 Å². The normalized spacial score (nSPS) is 11.8. The van der Waals surface area contributed by atoms with Crippen molar-refractivity contribution in [2.24, 2.45) is 5.92 Å². The molecule has 0 aliphatic heterocycles. The molecule has 68 valence electrons. The number of aliphatic carboxylic acids is 1. The summed E-state index contributed by atoms with van der Waals surface area (Å²) < 4.78 is 4.11. The van der Waals surface area contributed by atoms with Gasteiger partial charge >= 0.3 is 11.9 Å². The first-order valence-electron chi connectivity index (χ1n) is 3.33. The molecular formula is C7H10O5. The average molecular weight is 174 g/mol. The molecule has 0 fully saturated rings. The van der Waals surface area contributed by atoms with E-state index in [0.717, 1.165) is 7.11 Å². The van der Waals surface area contributed by atoms with Crippen molar-refractivity contribution < 1.29 is 24.2 Å². The van der Waals surface area contributed by atoms with Crippen molar-refractivity contribution in [1.29, 1.82) is 0 Å². The number of esters is 1. The van der Waals surface area contributed by atoms with Gasteiger partial charge in [-0.05, 0) is 0 Å². The van der Waals surface area contributed by atoms with Crippen LogP contribution in [0.4, 0.5) is 0 Å². The highest BCUT2D eigenvalue weighted by molar-refractivity contribution is 6.33. The first-order valence-corrected chi connectivity index (χ1v) is 3.33. The van der Waals surface area contributed by atoms with Gasteiger partial charge < -0.3 is 9.84 Å². The second-order valence-electron chi connectivity index (χ2n) is 2.36. The van der Waals surface area contributed by atoms with E-state index in [1.807, 2.05) is 0 Å². The van der Waals surface area contributed by atoms with Crippen LogP contribution in [-0.2, 0) is 19.1 Å². The average Bonchev–Trinajstić information content (AvgIpc) is 2.02. The number of carboxylic acid groups (broad SMARTS) is 1. The van der Waals surface area contributed by atoms with Crippen molar-refractivity contribution in [1.82, 2.24) is 0 Å². The molecule has 0 aliphatic carbocycles. The van der Waals surface area contributed by atoms with Gasteiger partial charge in [0.1, 0.15) is 0 Å². The van der Waals surface area contributed by atoms with Gasteiger partial charge in [0.15, 0.2) is 0 Å². The fourth-order valence-corrected chi connectivity index (χ4v) is 0.563. The third kappa shape index (κ3) is 3.14. The number of hydrogen-bond donors (Lipinski definition) is 1. The van der Waals surface area contributed by atoms with Gasteiger partial charge in [-0.2, -0.15) is 0 Å². The maximum absolute atomic E-state index is 10.8. The van der Waals surface area contributed by atoms with E-state index in [9.17, 15) is 14.4 Å². The summed E-state index contributed by atoms with van der Waals surface area (Å²) >= 11 is 0. The molecule has 0 heterocycles. The smallest absolute Gasteiger partial charge is 0.374 e. The minimum Gasteiger partial charge on any atom is -0.481 e. The molecule has 0 bridgehead atoms. The first-order chi connectivity index (χ1) is 5.49. The molecule has 1 N–H and O–H groups in total. The second-order valence-corrected chi connectivity index (χ2v) is 2.36. The van der Waals surface area contributed by atoms with E-state index < -0.39 is 23.6 Å². The van der Waals surface area contributed by atoms with Crippen molar-refractivity contribution in [2.75, 3.05) is 7.11 Å². The third-order valence-electron chi connectivity index (χ3n) is 1.33. The summed E-state index contributed by atoms with van der Waals surface area (Å²) in [5.74, 6) is -3.76. The van der Waals surface area contributed by atoms with E-state index >= 15 is 0 Å². The van der Waals surface area contributed by atoms with E-state index in [0.29, 0.717) is 0 Å². The molecule has 5 nitrogen and oxygen atoms in total. The van der Waals surface area contributed by atoms with Crippen LogP contribution in [0.15, 0.2) is 0 Å². The quantitative estimate of drug-likeness (QED) is 0.473. The minimum atomic E-state index is -1.10. The SMILES string of the molecule is COC(=O)C(=O)CC(C)C(=O)O. The molecule has 0 rings (SSSR count). The molecule has 0 spiro atoms. The lowest BCUT2D eigenvalue weighted by molar-refractivity contribution is -0.153. The van der Waals surface area contributed by atoms with Crippen LogP contribution in [0, 0.1) is 5.92 Å². The molecular weight excluding hydrogens is 164 g/mol. The van der Waals surface area contributed by atoms with Crippen molar-refractivity contribution in [2.45, 2.75) is 13.3 Å². The Kier molecular flexibility index (Phi) is 3.96. The highest BCUT2D eigenvalue weighted by atomic mass is 16.5. The van der Waals surface area contributed by atoms with Crippen LogP contribution < -0.4 is 0 Å². The molecule has 1 unspecified atom stereocenters. The summed E-state index contributed by atoms with van der Waals surface area (Å²) in [4.78, 5) is 31.5. The number of carbonyl (C=O) groups is 3. The number of ketones is 1. The second kappa shape index (κ2) is 4.48. The van der Waals surface area contributed by atoms with Gasteiger partial charge in [-0.25, -0.2) is 4.79 Å². The van der Waals surface area contributed by atoms with Crippen molar-refractivity contribution in [3.63, 3.8) is 0 Å². The minimum absolute atomic E-state index is 0.317. The molecule has 12 heavy (non-hydrogen) atoms. The van der Waals surface area contributed by atoms with Crippen LogP contribution in [0.5, 0.6) is 0 Å². The Balaban J connectivity index is 4.01. The zero-order valence-corrected chi connectivity index (χ0v) is 6.86. The van der Waals surface area contributed by atoms with Crippen molar-refractivity contribution >= 4 is 17.7 Å². The first kappa shape index (κ1) is 10.6. The standard InChI is InChI=1S/C7H10O5/c1-4(6(9)10)3-5(8)7(11)12-2/h4H,3H2,1-2H3,(H,9,10). The number of hydrogen-bond acceptors (Lipinski definition) is 4. The Morgan fingerprint density at radius 2 is 1.92 bits per heavy atom. The molecule has 0 saturated heterocycles. The molecule has 0 amide bonds. The molecule has 0 aromatic carbocycles. The molecule has 5 heteroatoms. The fraction of sp³-hybridized carbons (Fsp3) is 0.571. The number of carboxylic acids is 1. The summed E-state index contributed by atoms with van der Waals surface area (Å²) in [5.41, 5.74) is 0. The Hall–Kier alpha value is -1.39. The van der Waals surface area contributed by atoms with Crippen LogP contribution in [0.3, 0.4) is 0 Å². The molecule has 0 aromatic heterocycles. The van der Waals surface area contributed by atoms with Gasteiger partial charge in [-0.1, -0.05) is 6.92 Å². The van der Waals surface area contributed by atoms with Gasteiger partial charge in [0, 0.05) is 6.42 Å². The summed E-state index contributed by atoms with van der Waals surface area (Å²) in [5, 5.41) is 8.38. The maximum Gasteiger partial charge on any atom is 0.374 e. The molecule has 0 saturated carbocycles. The van der Waals surface area contributed by atoms with E-state index in [2.05, 4.69) is 4.74 Å². The molecule has 1 atom stereocenters. The largest absolute Gasteiger partial charge is 0.481 e. The summed E-state index contributed by atoms with van der Waals surface area (Å²) in [7, 11) is 1.08. The molecule has 0 radical (unpaired) electrons. The lowest BCUT2D eigenvalue weighted by Gasteiger charge is -2.02. The fourth-order valence-electron chi connectivity index (χ4n) is 0.563. The Morgan fingerprint density at radius 1 is 1.42 bits per heavy atom. The predicted molar refractivity (Wildman–Crippen MR) is 38.4 cm³/mol. The van der Waals surface area contributed by atoms with E-state index in [-0.39, 0.29) is 6.42 Å². The maximum atomic E-state index is 10.8. The van der Waals surface area contributed by atoms with Crippen LogP contribution in [0.2, 0.25) is 0 Å². The Bertz CT molecular complexity index is 208. The van der Waals surface area contributed by atoms with Gasteiger partial charge in [0.2, 0.25) is 5.78 Å². The molecule has 0 aliphatic rings. The third-order valence-corrected chi connectivity index (χ3v) is 1.33. The van der Waals surface area contributed by atoms with Gasteiger partial charge in [-0.15, -0.1) is 0 Å². The van der Waals surface area contributed by atoms with Crippen LogP contribution in [-0.4, -0.2) is 29.9 Å². The van der Waals surface area contributed by atoms with E-state index in [1.54, 1.807) is 0 Å². The summed E-state index contributed by atoms with van der Waals surface area (Å²) in [6.45, 7) is 1.35. The van der Waals surface area contributed by atoms with Crippen molar-refractivity contribution in [3.8, 4) is 0 Å². The number of methoxy groups -OCH3 is 1. The number of carbonyl (C=O) groups excluding carboxylic acids is 2. The predicted octanol–water partition coefficient (Wildman–Crippen LogP) is -0.161. The molecule has 0 aromatic rings. The monoisotopic (exact) mass is 174 g/mol. The van der Waals surface area contributed by atoms with Gasteiger partial charge in [0.25, 0.3) is 0 Å². The highest BCUT2D eigenvalue weighted by Gasteiger charge is 2.21. The van der Waals surface area contributed by atoms with Crippen LogP contribution >= 0.6 is 0 Å². The number of ether oxygens (including phenoxy) is 1. The number of rotatable bonds is 4. The van der Waals surface area contributed by atoms with Gasteiger partial charge in [0.05, 0.1) is 13.0 Å². The summed E-state index contributed by atoms with van der Waals surface area (Å²) in [6, 6.07) is 0. The Labute approximate surface area is 69.3 Å². The topological polar surface area (TPSA) is 80.7 Å². The summed E-state index contributed by atoms with van der Waals surface area (Å²) in [6.07, 6.45) is -0.317. The van der Waals surface area contributed by atoms with E-state index in [1.165, 1.54) is 6.92 Å². The zero-order chi connectivity index (χ0) is 9.72.